The van der Waals surface area contributed by atoms with Gasteiger partial charge in [-0.25, -0.2) is 0 Å². The number of aliphatic hydroxyl groups excluding tert-OH is 2. The predicted octanol–water partition coefficient (Wildman–Crippen LogP) is 4.23. The molecule has 4 N–H and O–H groups in total. The van der Waals surface area contributed by atoms with E-state index in [1.165, 1.54) is 27.0 Å². The first-order valence-corrected chi connectivity index (χ1v) is 10.5. The Morgan fingerprint density at radius 2 is 1.56 bits per heavy atom. The standard InChI is InChI=1S/C24H30O8/c1-6-8-14(25)18-16(27)11-17(32-5)12(20(18)28)10-13-21(29)19(15(26)9-7-2)23(31)24(3,4)22(13)30/h11,27-30H,6-10H2,1-5H3. The van der Waals surface area contributed by atoms with Crippen LogP contribution >= 0.6 is 0 Å². The zero-order chi connectivity index (χ0) is 24.4. The second-order valence-corrected chi connectivity index (χ2v) is 8.33. The lowest BCUT2D eigenvalue weighted by Gasteiger charge is -2.31. The normalized spacial score (nSPS) is 15.8. The maximum absolute atomic E-state index is 12.8. The van der Waals surface area contributed by atoms with Crippen molar-refractivity contribution in [3.05, 3.63) is 39.9 Å². The molecule has 0 aromatic heterocycles. The number of aliphatic hydroxyl groups is 2. The lowest BCUT2D eigenvalue weighted by Crippen LogP contribution is -2.36. The Morgan fingerprint density at radius 3 is 2.09 bits per heavy atom. The molecule has 8 nitrogen and oxygen atoms in total. The lowest BCUT2D eigenvalue weighted by atomic mass is 9.73. The van der Waals surface area contributed by atoms with E-state index in [9.17, 15) is 34.8 Å². The maximum Gasteiger partial charge on any atom is 0.183 e. The summed E-state index contributed by atoms with van der Waals surface area (Å²) in [6.07, 6.45) is 0.735. The van der Waals surface area contributed by atoms with E-state index in [0.29, 0.717) is 12.8 Å². The number of phenols is 2. The molecule has 32 heavy (non-hydrogen) atoms. The Labute approximate surface area is 186 Å². The molecule has 0 amide bonds. The van der Waals surface area contributed by atoms with E-state index in [4.69, 9.17) is 4.74 Å². The van der Waals surface area contributed by atoms with E-state index in [0.717, 1.165) is 0 Å². The monoisotopic (exact) mass is 446 g/mol. The van der Waals surface area contributed by atoms with Crippen LogP contribution in [0.3, 0.4) is 0 Å². The Balaban J connectivity index is 2.74. The molecule has 0 heterocycles. The molecule has 0 spiro atoms. The summed E-state index contributed by atoms with van der Waals surface area (Å²) < 4.78 is 5.23. The summed E-state index contributed by atoms with van der Waals surface area (Å²) in [5.41, 5.74) is -2.29. The molecule has 1 aromatic rings. The molecule has 0 radical (unpaired) electrons. The highest BCUT2D eigenvalue weighted by atomic mass is 16.5. The van der Waals surface area contributed by atoms with Gasteiger partial charge in [-0.3, -0.25) is 14.4 Å². The summed E-state index contributed by atoms with van der Waals surface area (Å²) >= 11 is 0. The van der Waals surface area contributed by atoms with E-state index in [1.807, 2.05) is 0 Å². The molecule has 8 heteroatoms. The second-order valence-electron chi connectivity index (χ2n) is 8.33. The smallest absolute Gasteiger partial charge is 0.183 e. The molecule has 0 saturated carbocycles. The first kappa shape index (κ1) is 25.0. The molecule has 174 valence electrons. The molecule has 0 fully saturated rings. The third-order valence-electron chi connectivity index (χ3n) is 5.62. The van der Waals surface area contributed by atoms with Crippen LogP contribution in [0, 0.1) is 5.41 Å². The Hall–Kier alpha value is -3.29. The summed E-state index contributed by atoms with van der Waals surface area (Å²) in [4.78, 5) is 37.9. The molecule has 0 bridgehead atoms. The Morgan fingerprint density at radius 1 is 1.00 bits per heavy atom. The van der Waals surface area contributed by atoms with E-state index in [1.54, 1.807) is 13.8 Å². The van der Waals surface area contributed by atoms with Crippen molar-refractivity contribution in [1.29, 1.82) is 0 Å². The molecule has 0 saturated heterocycles. The summed E-state index contributed by atoms with van der Waals surface area (Å²) in [5, 5.41) is 42.7. The number of methoxy groups -OCH3 is 1. The predicted molar refractivity (Wildman–Crippen MR) is 117 cm³/mol. The van der Waals surface area contributed by atoms with Crippen LogP contribution in [0.2, 0.25) is 0 Å². The van der Waals surface area contributed by atoms with Gasteiger partial charge in [0.15, 0.2) is 17.3 Å². The zero-order valence-corrected chi connectivity index (χ0v) is 19.0. The van der Waals surface area contributed by atoms with E-state index >= 15 is 0 Å². The first-order chi connectivity index (χ1) is 14.9. The van der Waals surface area contributed by atoms with Crippen LogP contribution in [0.15, 0.2) is 28.7 Å². The minimum atomic E-state index is -1.49. The number of Topliss-reactive ketones (excluding diaryl/α,β-unsaturated/α-hetero) is 3. The van der Waals surface area contributed by atoms with Crippen LogP contribution in [0.1, 0.15) is 69.3 Å². The van der Waals surface area contributed by atoms with Gasteiger partial charge in [-0.1, -0.05) is 13.8 Å². The number of allylic oxidation sites excluding steroid dienone is 3. The second kappa shape index (κ2) is 9.46. The highest BCUT2D eigenvalue weighted by molar-refractivity contribution is 6.24. The highest BCUT2D eigenvalue weighted by Gasteiger charge is 2.45. The summed E-state index contributed by atoms with van der Waals surface area (Å²) in [5.74, 6) is -3.85. The Kier molecular flexibility index (Phi) is 7.38. The average Bonchev–Trinajstić information content (AvgIpc) is 2.71. The highest BCUT2D eigenvalue weighted by Crippen LogP contribution is 2.45. The third kappa shape index (κ3) is 4.22. The largest absolute Gasteiger partial charge is 0.511 e. The third-order valence-corrected chi connectivity index (χ3v) is 5.62. The molecule has 0 atom stereocenters. The van der Waals surface area contributed by atoms with Crippen molar-refractivity contribution in [3.8, 4) is 17.2 Å². The van der Waals surface area contributed by atoms with Crippen LogP contribution in [-0.4, -0.2) is 44.9 Å². The van der Waals surface area contributed by atoms with Crippen LogP contribution in [0.25, 0.3) is 0 Å². The van der Waals surface area contributed by atoms with Crippen molar-refractivity contribution in [2.75, 3.05) is 7.11 Å². The summed E-state index contributed by atoms with van der Waals surface area (Å²) in [7, 11) is 1.29. The van der Waals surface area contributed by atoms with Gasteiger partial charge in [0.1, 0.15) is 39.9 Å². The van der Waals surface area contributed by atoms with Gasteiger partial charge >= 0.3 is 0 Å². The van der Waals surface area contributed by atoms with Crippen molar-refractivity contribution in [2.45, 2.75) is 59.8 Å². The first-order valence-electron chi connectivity index (χ1n) is 10.5. The zero-order valence-electron chi connectivity index (χ0n) is 19.0. The molecule has 0 aliphatic heterocycles. The number of carbonyl (C=O) groups excluding carboxylic acids is 3. The molecule has 2 rings (SSSR count). The number of carbonyl (C=O) groups is 3. The van der Waals surface area contributed by atoms with E-state index < -0.39 is 51.4 Å². The number of benzene rings is 1. The van der Waals surface area contributed by atoms with Crippen molar-refractivity contribution in [1.82, 2.24) is 0 Å². The molecule has 1 aromatic carbocycles. The van der Waals surface area contributed by atoms with Gasteiger partial charge in [-0.2, -0.15) is 0 Å². The fraction of sp³-hybridized carbons (Fsp3) is 0.458. The Bertz CT molecular complexity index is 1030. The average molecular weight is 446 g/mol. The number of ketones is 3. The fourth-order valence-corrected chi connectivity index (χ4v) is 3.78. The van der Waals surface area contributed by atoms with E-state index in [2.05, 4.69) is 0 Å². The number of rotatable bonds is 9. The van der Waals surface area contributed by atoms with Gasteiger partial charge in [-0.15, -0.1) is 0 Å². The SMILES string of the molecule is CCCC(=O)C1=C(O)C(Cc2c(OC)cc(O)c(C(=O)CCC)c2O)=C(O)C(C)(C)C1=O. The van der Waals surface area contributed by atoms with Gasteiger partial charge in [0, 0.05) is 36.5 Å². The van der Waals surface area contributed by atoms with Crippen molar-refractivity contribution in [3.63, 3.8) is 0 Å². The minimum absolute atomic E-state index is 0.0114. The molecule has 0 unspecified atom stereocenters. The number of hydrogen-bond acceptors (Lipinski definition) is 8. The van der Waals surface area contributed by atoms with Gasteiger partial charge in [-0.05, 0) is 26.7 Å². The molecular formula is C24H30O8. The summed E-state index contributed by atoms with van der Waals surface area (Å²) in [6.45, 7) is 6.40. The quantitative estimate of drug-likeness (QED) is 0.326. The topological polar surface area (TPSA) is 141 Å². The minimum Gasteiger partial charge on any atom is -0.511 e. The number of phenolic OH excluding ortho intramolecular Hbond substituents is 2. The van der Waals surface area contributed by atoms with Gasteiger partial charge in [0.2, 0.25) is 0 Å². The van der Waals surface area contributed by atoms with Crippen LogP contribution in [0.5, 0.6) is 17.2 Å². The van der Waals surface area contributed by atoms with Gasteiger partial charge < -0.3 is 25.2 Å². The maximum atomic E-state index is 12.8. The number of aromatic hydroxyl groups is 2. The number of hydrogen-bond donors (Lipinski definition) is 4. The van der Waals surface area contributed by atoms with Gasteiger partial charge in [0.25, 0.3) is 0 Å². The van der Waals surface area contributed by atoms with Crippen LogP contribution in [-0.2, 0) is 16.0 Å². The van der Waals surface area contributed by atoms with Crippen molar-refractivity contribution in [2.24, 2.45) is 5.41 Å². The number of ether oxygens (including phenoxy) is 1. The molecule has 1 aliphatic rings. The van der Waals surface area contributed by atoms with Crippen molar-refractivity contribution < 1.29 is 39.5 Å². The van der Waals surface area contributed by atoms with Gasteiger partial charge in [0.05, 0.1) is 12.5 Å². The molecule has 1 aliphatic carbocycles. The summed E-state index contributed by atoms with van der Waals surface area (Å²) in [6, 6.07) is 1.17. The fourth-order valence-electron chi connectivity index (χ4n) is 3.78. The van der Waals surface area contributed by atoms with Crippen LogP contribution < -0.4 is 4.74 Å². The van der Waals surface area contributed by atoms with Crippen molar-refractivity contribution >= 4 is 17.3 Å². The van der Waals surface area contributed by atoms with Crippen LogP contribution in [0.4, 0.5) is 0 Å². The van der Waals surface area contributed by atoms with E-state index in [-0.39, 0.29) is 41.7 Å². The molecular weight excluding hydrogens is 416 g/mol. The lowest BCUT2D eigenvalue weighted by molar-refractivity contribution is -0.127.